The number of anilines is 1. The van der Waals surface area contributed by atoms with Gasteiger partial charge in [0, 0.05) is 36.3 Å². The van der Waals surface area contributed by atoms with Crippen molar-refractivity contribution in [3.63, 3.8) is 0 Å². The van der Waals surface area contributed by atoms with Crippen molar-refractivity contribution in [1.82, 2.24) is 4.98 Å². The number of aromatic nitrogens is 1. The Morgan fingerprint density at radius 3 is 2.83 bits per heavy atom. The molecule has 2 saturated carbocycles. The Kier molecular flexibility index (Phi) is 6.28. The standard InChI is InChI=1S/C27H31FN2O4S/c1-14-13-29-26(35-14)30-23(33)9-4-16-12-22(32)27(3)11-10-18-17-7-8-21(34-15(2)31)25(28)20(17)6-5-19(18)24(16)27/h7-8,13,16,18-19,24H,4-6,9-12H2,1-3H3,(H,29,30,33)/t16-,18?,19?,24?,27-/m1/s1. The minimum Gasteiger partial charge on any atom is -0.424 e. The molecule has 0 radical (unpaired) electrons. The molecule has 6 nitrogen and oxygen atoms in total. The smallest absolute Gasteiger partial charge is 0.308 e. The van der Waals surface area contributed by atoms with Crippen LogP contribution in [0.5, 0.6) is 5.75 Å². The Morgan fingerprint density at radius 2 is 2.11 bits per heavy atom. The molecule has 186 valence electrons. The van der Waals surface area contributed by atoms with Gasteiger partial charge in [0.1, 0.15) is 5.78 Å². The fourth-order valence-corrected chi connectivity index (χ4v) is 7.75. The highest BCUT2D eigenvalue weighted by Gasteiger charge is 2.58. The summed E-state index contributed by atoms with van der Waals surface area (Å²) in [5, 5.41) is 3.49. The summed E-state index contributed by atoms with van der Waals surface area (Å²) in [6, 6.07) is 3.47. The molecule has 1 aromatic carbocycles. The van der Waals surface area contributed by atoms with E-state index in [1.165, 1.54) is 18.3 Å². The van der Waals surface area contributed by atoms with Crippen LogP contribution in [0.2, 0.25) is 0 Å². The molecule has 2 aromatic rings. The van der Waals surface area contributed by atoms with Gasteiger partial charge < -0.3 is 10.1 Å². The number of amides is 1. The summed E-state index contributed by atoms with van der Waals surface area (Å²) in [6.07, 6.45) is 6.27. The lowest BCUT2D eigenvalue weighted by Crippen LogP contribution is -2.44. The number of nitrogens with one attached hydrogen (secondary N) is 1. The number of thiazole rings is 1. The highest BCUT2D eigenvalue weighted by Crippen LogP contribution is 2.62. The number of benzene rings is 1. The molecule has 5 rings (SSSR count). The van der Waals surface area contributed by atoms with Crippen LogP contribution in [0.25, 0.3) is 0 Å². The Labute approximate surface area is 208 Å². The van der Waals surface area contributed by atoms with Gasteiger partial charge in [0.15, 0.2) is 16.7 Å². The van der Waals surface area contributed by atoms with Crippen LogP contribution in [0.15, 0.2) is 18.3 Å². The normalized spacial score (nSPS) is 29.2. The van der Waals surface area contributed by atoms with E-state index in [2.05, 4.69) is 17.2 Å². The summed E-state index contributed by atoms with van der Waals surface area (Å²) in [5.41, 5.74) is 1.27. The Hall–Kier alpha value is -2.61. The zero-order valence-corrected chi connectivity index (χ0v) is 21.2. The number of hydrogen-bond acceptors (Lipinski definition) is 6. The van der Waals surface area contributed by atoms with Gasteiger partial charge in [0.05, 0.1) is 0 Å². The van der Waals surface area contributed by atoms with E-state index in [1.807, 2.05) is 13.0 Å². The van der Waals surface area contributed by atoms with E-state index >= 15 is 4.39 Å². The molecule has 5 atom stereocenters. The predicted molar refractivity (Wildman–Crippen MR) is 131 cm³/mol. The lowest BCUT2D eigenvalue weighted by Gasteiger charge is -2.50. The topological polar surface area (TPSA) is 85.4 Å². The summed E-state index contributed by atoms with van der Waals surface area (Å²) in [4.78, 5) is 42.4. The quantitative estimate of drug-likeness (QED) is 0.429. The summed E-state index contributed by atoms with van der Waals surface area (Å²) in [7, 11) is 0. The molecule has 1 aromatic heterocycles. The van der Waals surface area contributed by atoms with Crippen molar-refractivity contribution in [3.05, 3.63) is 40.2 Å². The number of carbonyl (C=O) groups excluding carboxylic acids is 3. The number of halogens is 1. The number of ketones is 1. The zero-order valence-electron chi connectivity index (χ0n) is 20.4. The van der Waals surface area contributed by atoms with Gasteiger partial charge in [0.25, 0.3) is 0 Å². The third-order valence-electron chi connectivity index (χ3n) is 8.52. The number of fused-ring (bicyclic) bond motifs is 5. The van der Waals surface area contributed by atoms with Crippen LogP contribution in [-0.4, -0.2) is 22.6 Å². The predicted octanol–water partition coefficient (Wildman–Crippen LogP) is 5.59. The first kappa shape index (κ1) is 24.1. The van der Waals surface area contributed by atoms with E-state index in [9.17, 15) is 14.4 Å². The molecule has 0 aliphatic heterocycles. The average molecular weight is 499 g/mol. The molecule has 3 unspecified atom stereocenters. The molecular formula is C27H31FN2O4S. The number of Topliss-reactive ketones (excluding diaryl/α,β-unsaturated/α-hetero) is 1. The van der Waals surface area contributed by atoms with Crippen LogP contribution < -0.4 is 10.1 Å². The maximum Gasteiger partial charge on any atom is 0.308 e. The highest BCUT2D eigenvalue weighted by atomic mass is 32.1. The number of carbonyl (C=O) groups is 3. The molecule has 2 fully saturated rings. The van der Waals surface area contributed by atoms with E-state index in [0.717, 1.165) is 29.7 Å². The van der Waals surface area contributed by atoms with Gasteiger partial charge in [-0.25, -0.2) is 9.37 Å². The monoisotopic (exact) mass is 498 g/mol. The van der Waals surface area contributed by atoms with Crippen LogP contribution in [-0.2, 0) is 20.8 Å². The van der Waals surface area contributed by atoms with Crippen LogP contribution in [0.3, 0.4) is 0 Å². The molecule has 1 N–H and O–H groups in total. The molecule has 8 heteroatoms. The lowest BCUT2D eigenvalue weighted by atomic mass is 9.54. The number of esters is 1. The van der Waals surface area contributed by atoms with Gasteiger partial charge in [0.2, 0.25) is 5.91 Å². The van der Waals surface area contributed by atoms with Crippen molar-refractivity contribution >= 4 is 34.1 Å². The van der Waals surface area contributed by atoms with Crippen molar-refractivity contribution in [2.45, 2.75) is 71.6 Å². The third-order valence-corrected chi connectivity index (χ3v) is 9.34. The fraction of sp³-hybridized carbons (Fsp3) is 0.556. The summed E-state index contributed by atoms with van der Waals surface area (Å²) < 4.78 is 20.2. The van der Waals surface area contributed by atoms with Crippen molar-refractivity contribution in [1.29, 1.82) is 0 Å². The van der Waals surface area contributed by atoms with Gasteiger partial charge >= 0.3 is 5.97 Å². The van der Waals surface area contributed by atoms with Crippen LogP contribution in [0.1, 0.15) is 74.3 Å². The van der Waals surface area contributed by atoms with Crippen LogP contribution in [0, 0.1) is 35.9 Å². The maximum absolute atomic E-state index is 15.2. The number of hydrogen-bond donors (Lipinski definition) is 1. The van der Waals surface area contributed by atoms with Gasteiger partial charge in [-0.1, -0.05) is 13.0 Å². The van der Waals surface area contributed by atoms with Gasteiger partial charge in [-0.05, 0) is 79.9 Å². The molecule has 0 saturated heterocycles. The van der Waals surface area contributed by atoms with Gasteiger partial charge in [-0.15, -0.1) is 11.3 Å². The largest absolute Gasteiger partial charge is 0.424 e. The second-order valence-electron chi connectivity index (χ2n) is 10.6. The molecule has 3 aliphatic rings. The number of aryl methyl sites for hydroxylation is 1. The van der Waals surface area contributed by atoms with Crippen LogP contribution in [0.4, 0.5) is 9.52 Å². The van der Waals surface area contributed by atoms with Gasteiger partial charge in [-0.3, -0.25) is 14.4 Å². The zero-order chi connectivity index (χ0) is 24.9. The maximum atomic E-state index is 15.2. The van der Waals surface area contributed by atoms with Crippen molar-refractivity contribution in [2.24, 2.45) is 23.2 Å². The number of nitrogens with zero attached hydrogens (tertiary/aromatic N) is 1. The first-order chi connectivity index (χ1) is 16.7. The number of ether oxygens (including phenoxy) is 1. The number of rotatable bonds is 5. The first-order valence-electron chi connectivity index (χ1n) is 12.4. The van der Waals surface area contributed by atoms with Gasteiger partial charge in [-0.2, -0.15) is 0 Å². The second kappa shape index (κ2) is 9.12. The molecule has 1 heterocycles. The SMILES string of the molecule is CC(=O)Oc1ccc2c(c1F)CCC1C2CC[C@]2(C)C(=O)C[C@@H](CCC(=O)Nc3ncc(C)s3)C12. The van der Waals surface area contributed by atoms with E-state index in [-0.39, 0.29) is 40.7 Å². The minimum atomic E-state index is -0.535. The van der Waals surface area contributed by atoms with E-state index in [1.54, 1.807) is 12.3 Å². The summed E-state index contributed by atoms with van der Waals surface area (Å²) >= 11 is 1.45. The van der Waals surface area contributed by atoms with Crippen molar-refractivity contribution < 1.29 is 23.5 Å². The Bertz CT molecular complexity index is 1190. The van der Waals surface area contributed by atoms with E-state index in [0.29, 0.717) is 42.2 Å². The second-order valence-corrected chi connectivity index (χ2v) is 11.8. The van der Waals surface area contributed by atoms with Crippen molar-refractivity contribution in [3.8, 4) is 5.75 Å². The third kappa shape index (κ3) is 4.30. The summed E-state index contributed by atoms with van der Waals surface area (Å²) in [6.45, 7) is 5.32. The van der Waals surface area contributed by atoms with E-state index in [4.69, 9.17) is 4.74 Å². The molecule has 3 aliphatic carbocycles. The molecule has 0 bridgehead atoms. The Balaban J connectivity index is 1.35. The summed E-state index contributed by atoms with van der Waals surface area (Å²) in [5.74, 6) is 0.0601. The fourth-order valence-electron chi connectivity index (χ4n) is 7.07. The lowest BCUT2D eigenvalue weighted by molar-refractivity contribution is -0.132. The molecule has 0 spiro atoms. The first-order valence-corrected chi connectivity index (χ1v) is 13.2. The Morgan fingerprint density at radius 1 is 1.31 bits per heavy atom. The van der Waals surface area contributed by atoms with E-state index < -0.39 is 11.8 Å². The average Bonchev–Trinajstić information content (AvgIpc) is 3.33. The highest BCUT2D eigenvalue weighted by molar-refractivity contribution is 7.15. The van der Waals surface area contributed by atoms with Crippen molar-refractivity contribution in [2.75, 3.05) is 5.32 Å². The van der Waals surface area contributed by atoms with Crippen LogP contribution >= 0.6 is 11.3 Å². The molecule has 35 heavy (non-hydrogen) atoms. The molecular weight excluding hydrogens is 467 g/mol. The minimum absolute atomic E-state index is 0.00861. The molecule has 1 amide bonds.